The molecule has 0 amide bonds. The lowest BCUT2D eigenvalue weighted by atomic mass is 10.0. The van der Waals surface area contributed by atoms with Crippen molar-refractivity contribution in [2.75, 3.05) is 14.2 Å². The second-order valence-electron chi connectivity index (χ2n) is 4.25. The molecule has 2 aromatic carbocycles. The number of phenolic OH excluding ortho intramolecular Hbond substituents is 2. The minimum absolute atomic E-state index is 0.0891. The quantitative estimate of drug-likeness (QED) is 0.832. The van der Waals surface area contributed by atoms with Gasteiger partial charge in [0.2, 0.25) is 0 Å². The molecular formula is C17H17ClO5. The predicted octanol–water partition coefficient (Wildman–Crippen LogP) is 3.71. The van der Waals surface area contributed by atoms with Crippen molar-refractivity contribution in [2.45, 2.75) is 0 Å². The Balaban J connectivity index is 0.000000816. The molecule has 0 saturated heterocycles. The monoisotopic (exact) mass is 336 g/mol. The van der Waals surface area contributed by atoms with Crippen LogP contribution in [0.3, 0.4) is 0 Å². The molecule has 0 heterocycles. The maximum Gasteiger partial charge on any atom is 0.200 e. The summed E-state index contributed by atoms with van der Waals surface area (Å²) in [5, 5.41) is 19.7. The fourth-order valence-corrected chi connectivity index (χ4v) is 1.81. The molecule has 2 N–H and O–H groups in total. The van der Waals surface area contributed by atoms with Gasteiger partial charge in [-0.2, -0.15) is 0 Å². The van der Waals surface area contributed by atoms with Crippen molar-refractivity contribution >= 4 is 17.4 Å². The van der Waals surface area contributed by atoms with Crippen LogP contribution in [0.2, 0.25) is 0 Å². The molecule has 0 atom stereocenters. The van der Waals surface area contributed by atoms with Crippen LogP contribution in [0, 0.1) is 0 Å². The maximum absolute atomic E-state index is 12.3. The molecule has 2 aromatic rings. The molecule has 0 aliphatic heterocycles. The zero-order chi connectivity index (χ0) is 17.4. The van der Waals surface area contributed by atoms with E-state index < -0.39 is 5.78 Å². The Morgan fingerprint density at radius 3 is 1.61 bits per heavy atom. The van der Waals surface area contributed by atoms with Crippen LogP contribution in [0.4, 0.5) is 0 Å². The van der Waals surface area contributed by atoms with Crippen molar-refractivity contribution < 1.29 is 24.5 Å². The second-order valence-corrected chi connectivity index (χ2v) is 4.56. The van der Waals surface area contributed by atoms with Crippen molar-refractivity contribution in [3.8, 4) is 23.0 Å². The molecule has 122 valence electrons. The average molecular weight is 337 g/mol. The van der Waals surface area contributed by atoms with Gasteiger partial charge in [0, 0.05) is 12.1 Å². The molecule has 6 heteroatoms. The number of ether oxygens (including phenoxy) is 2. The Bertz CT molecular complexity index is 642. The van der Waals surface area contributed by atoms with Gasteiger partial charge in [-0.15, -0.1) is 0 Å². The number of hydrogen-bond donors (Lipinski definition) is 2. The van der Waals surface area contributed by atoms with E-state index in [9.17, 15) is 15.0 Å². The van der Waals surface area contributed by atoms with Gasteiger partial charge in [-0.25, -0.2) is 0 Å². The number of aromatic hydroxyl groups is 2. The minimum atomic E-state index is -0.481. The van der Waals surface area contributed by atoms with E-state index >= 15 is 0 Å². The number of hydrogen-bond acceptors (Lipinski definition) is 5. The number of halogens is 1. The van der Waals surface area contributed by atoms with E-state index in [0.29, 0.717) is 11.5 Å². The second kappa shape index (κ2) is 8.70. The molecule has 0 aliphatic rings. The van der Waals surface area contributed by atoms with E-state index in [1.54, 1.807) is 12.1 Å². The normalized spacial score (nSPS) is 9.35. The summed E-state index contributed by atoms with van der Waals surface area (Å²) in [5.41, 5.74) is 1.40. The van der Waals surface area contributed by atoms with Crippen LogP contribution < -0.4 is 9.47 Å². The number of carbonyl (C=O) groups is 1. The summed E-state index contributed by atoms with van der Waals surface area (Å²) in [6, 6.07) is 8.70. The van der Waals surface area contributed by atoms with E-state index in [2.05, 4.69) is 6.58 Å². The lowest BCUT2D eigenvalue weighted by Gasteiger charge is -2.08. The van der Waals surface area contributed by atoms with Crippen molar-refractivity contribution in [2.24, 2.45) is 0 Å². The van der Waals surface area contributed by atoms with E-state index in [-0.39, 0.29) is 22.6 Å². The van der Waals surface area contributed by atoms with Crippen molar-refractivity contribution in [3.63, 3.8) is 0 Å². The van der Waals surface area contributed by atoms with Crippen LogP contribution in [0.1, 0.15) is 15.9 Å². The van der Waals surface area contributed by atoms with Crippen LogP contribution in [-0.4, -0.2) is 30.2 Å². The van der Waals surface area contributed by atoms with Crippen LogP contribution in [0.15, 0.2) is 48.5 Å². The molecule has 0 spiro atoms. The van der Waals surface area contributed by atoms with Gasteiger partial charge in [-0.3, -0.25) is 4.79 Å². The molecule has 0 bridgehead atoms. The van der Waals surface area contributed by atoms with Gasteiger partial charge in [0.05, 0.1) is 25.3 Å². The number of phenols is 2. The highest BCUT2D eigenvalue weighted by Gasteiger charge is 2.18. The van der Waals surface area contributed by atoms with Gasteiger partial charge in [0.1, 0.15) is 23.0 Å². The van der Waals surface area contributed by atoms with Crippen molar-refractivity contribution in [1.29, 1.82) is 0 Å². The Morgan fingerprint density at radius 1 is 1.00 bits per heavy atom. The van der Waals surface area contributed by atoms with Crippen LogP contribution in [-0.2, 0) is 0 Å². The van der Waals surface area contributed by atoms with E-state index in [1.807, 2.05) is 0 Å². The number of methoxy groups -OCH3 is 2. The maximum atomic E-state index is 12.3. The number of carbonyl (C=O) groups excluding carboxylic acids is 1. The molecule has 0 fully saturated rings. The van der Waals surface area contributed by atoms with E-state index in [0.717, 1.165) is 0 Å². The molecule has 0 saturated carbocycles. The molecule has 23 heavy (non-hydrogen) atoms. The number of benzene rings is 2. The Hall–Kier alpha value is -2.66. The smallest absolute Gasteiger partial charge is 0.200 e. The summed E-state index contributed by atoms with van der Waals surface area (Å²) in [7, 11) is 2.93. The van der Waals surface area contributed by atoms with Crippen molar-refractivity contribution in [1.82, 2.24) is 0 Å². The Morgan fingerprint density at radius 2 is 1.35 bits per heavy atom. The first-order valence-corrected chi connectivity index (χ1v) is 6.92. The summed E-state index contributed by atoms with van der Waals surface area (Å²) in [6.07, 6.45) is 0. The molecular weight excluding hydrogens is 320 g/mol. The van der Waals surface area contributed by atoms with E-state index in [4.69, 9.17) is 21.1 Å². The largest absolute Gasteiger partial charge is 0.507 e. The fraction of sp³-hybridized carbons (Fsp3) is 0.118. The zero-order valence-electron chi connectivity index (χ0n) is 12.7. The third-order valence-electron chi connectivity index (χ3n) is 2.90. The molecule has 5 nitrogen and oxygen atoms in total. The first-order valence-electron chi connectivity index (χ1n) is 6.48. The third-order valence-corrected chi connectivity index (χ3v) is 2.90. The van der Waals surface area contributed by atoms with E-state index in [1.165, 1.54) is 44.0 Å². The van der Waals surface area contributed by atoms with Crippen LogP contribution >= 0.6 is 11.6 Å². The summed E-state index contributed by atoms with van der Waals surface area (Å²) in [6.45, 7) is 3.13. The van der Waals surface area contributed by atoms with Gasteiger partial charge in [-0.1, -0.05) is 18.2 Å². The molecule has 0 aliphatic carbocycles. The number of rotatable bonds is 4. The van der Waals surface area contributed by atoms with Crippen LogP contribution in [0.25, 0.3) is 0 Å². The summed E-state index contributed by atoms with van der Waals surface area (Å²) in [4.78, 5) is 12.3. The van der Waals surface area contributed by atoms with Crippen molar-refractivity contribution in [3.05, 3.63) is 59.6 Å². The minimum Gasteiger partial charge on any atom is -0.507 e. The number of ketones is 1. The lowest BCUT2D eigenvalue weighted by molar-refractivity contribution is 0.103. The summed E-state index contributed by atoms with van der Waals surface area (Å²) >= 11 is 4.76. The zero-order valence-corrected chi connectivity index (χ0v) is 13.5. The Labute approximate surface area is 139 Å². The molecule has 0 unspecified atom stereocenters. The van der Waals surface area contributed by atoms with Gasteiger partial charge in [0.25, 0.3) is 0 Å². The molecule has 2 rings (SSSR count). The topological polar surface area (TPSA) is 76.0 Å². The van der Waals surface area contributed by atoms with Gasteiger partial charge >= 0.3 is 0 Å². The highest BCUT2D eigenvalue weighted by atomic mass is 35.5. The summed E-state index contributed by atoms with van der Waals surface area (Å²) < 4.78 is 9.90. The average Bonchev–Trinajstić information content (AvgIpc) is 2.54. The fourth-order valence-electron chi connectivity index (χ4n) is 1.81. The highest BCUT2D eigenvalue weighted by molar-refractivity contribution is 6.25. The lowest BCUT2D eigenvalue weighted by Crippen LogP contribution is -2.02. The van der Waals surface area contributed by atoms with Gasteiger partial charge < -0.3 is 19.7 Å². The predicted molar refractivity (Wildman–Crippen MR) is 88.8 cm³/mol. The first kappa shape index (κ1) is 18.4. The molecule has 0 aromatic heterocycles. The molecule has 0 radical (unpaired) electrons. The third kappa shape index (κ3) is 4.66. The van der Waals surface area contributed by atoms with Gasteiger partial charge in [-0.05, 0) is 29.8 Å². The Kier molecular flexibility index (Phi) is 6.96. The standard InChI is InChI=1S/C15H14O5.C2H3Cl/c1-19-9-3-5-11(13(16)7-9)15(18)12-6-4-10(20-2)8-14(12)17;1-2-3/h3-8,16-17H,1-2H3;2H,1H2. The first-order chi connectivity index (χ1) is 11.0. The SMILES string of the molecule is C=CCl.COc1ccc(C(=O)c2ccc(OC)cc2O)c(O)c1. The van der Waals surface area contributed by atoms with Crippen LogP contribution in [0.5, 0.6) is 23.0 Å². The van der Waals surface area contributed by atoms with Gasteiger partial charge in [0.15, 0.2) is 5.78 Å². The highest BCUT2D eigenvalue weighted by Crippen LogP contribution is 2.30. The summed E-state index contributed by atoms with van der Waals surface area (Å²) in [5.74, 6) is -0.00421.